The number of imide groups is 1. The number of carbonyl (C=O) groups excluding carboxylic acids is 5. The van der Waals surface area contributed by atoms with Crippen molar-refractivity contribution in [3.05, 3.63) is 161 Å². The smallest absolute Gasteiger partial charge is 0.405 e. The monoisotopic (exact) mass is 1020 g/mol. The van der Waals surface area contributed by atoms with Gasteiger partial charge < -0.3 is 35.8 Å². The van der Waals surface area contributed by atoms with Gasteiger partial charge in [-0.3, -0.25) is 39.2 Å². The molecule has 7 heterocycles. The molecule has 2 aromatic heterocycles. The molecule has 3 aromatic carbocycles. The second-order valence-electron chi connectivity index (χ2n) is 18.9. The summed E-state index contributed by atoms with van der Waals surface area (Å²) < 4.78 is 15.7. The molecular formula is C54H52FN11O7S. The van der Waals surface area contributed by atoms with E-state index in [1.807, 2.05) is 35.2 Å². The molecule has 1 unspecified atom stereocenters. The first-order chi connectivity index (χ1) is 35.7. The highest BCUT2D eigenvalue weighted by molar-refractivity contribution is 7.99. The third-order valence-corrected chi connectivity index (χ3v) is 14.8. The number of hydrogen-bond donors (Lipinski definition) is 5. The molecule has 18 nitrogen and oxygen atoms in total. The maximum Gasteiger partial charge on any atom is 0.405 e. The van der Waals surface area contributed by atoms with Gasteiger partial charge >= 0.3 is 6.09 Å². The molecule has 10 rings (SSSR count). The topological polar surface area (TPSA) is 222 Å². The number of carboxylic acid groups (broad SMARTS) is 1. The number of benzene rings is 3. The standard InChI is InChI=1S/C54H52FN11O7S/c1-54(62-53(72)73)17-23-65(24-18-54)46-30-58-48(31-57-46)74-40-4-2-3-38(27-40)60-49(68)35-7-10-44(42(55)26-35)64-21-15-39(16-22-64)63-19-13-34(14-20-63)36-6-9-43(56-29-36)50(69)59-28-33-5-8-41-37(25-33)32-66(52(41)71)45-11-12-47(67)61-51(45)70/h2-10,13,17-18,23-27,29-31,39,45,62H,11-12,14-16,19-22,28,32H2,1H3,(H,59,69)(H,60,68)(H,72,73)(H,61,67,70). The lowest BCUT2D eigenvalue weighted by Crippen LogP contribution is -2.52. The number of nitrogens with zero attached hydrogens (tertiary/aromatic N) is 7. The Bertz CT molecular complexity index is 3130. The van der Waals surface area contributed by atoms with Crippen LogP contribution in [-0.4, -0.2) is 109 Å². The molecule has 6 amide bonds. The Kier molecular flexibility index (Phi) is 14.1. The van der Waals surface area contributed by atoms with Crippen LogP contribution < -0.4 is 31.1 Å². The third-order valence-electron chi connectivity index (χ3n) is 13.9. The predicted octanol–water partition coefficient (Wildman–Crippen LogP) is 6.74. The van der Waals surface area contributed by atoms with Crippen LogP contribution in [0.2, 0.25) is 0 Å². The van der Waals surface area contributed by atoms with Gasteiger partial charge in [-0.2, -0.15) is 0 Å². The number of piperidine rings is 2. The molecule has 2 saturated heterocycles. The van der Waals surface area contributed by atoms with Crippen molar-refractivity contribution in [2.45, 2.75) is 79.7 Å². The van der Waals surface area contributed by atoms with Crippen LogP contribution in [0.25, 0.3) is 5.57 Å². The Labute approximate surface area is 429 Å². The SMILES string of the molecule is CC1(NC(=O)O)C=CN(c2cnc(Sc3cccc(NC(=O)c4ccc(N5CCC(N6CC=C(c7ccc(C(=O)NCc8ccc9c(c8)CN(C8CCC(=O)NC8=O)C9=O)nc7)CC6)CC5)c(F)c4)c3)cn2)C=C1. The Morgan fingerprint density at radius 1 is 0.878 bits per heavy atom. The summed E-state index contributed by atoms with van der Waals surface area (Å²) in [5.41, 5.74) is 4.90. The second-order valence-corrected chi connectivity index (χ2v) is 20.0. The van der Waals surface area contributed by atoms with Crippen molar-refractivity contribution >= 4 is 70.2 Å². The van der Waals surface area contributed by atoms with Crippen molar-refractivity contribution < 1.29 is 38.3 Å². The van der Waals surface area contributed by atoms with E-state index < -0.39 is 35.3 Å². The fourth-order valence-corrected chi connectivity index (χ4v) is 10.7. The van der Waals surface area contributed by atoms with Crippen molar-refractivity contribution in [1.82, 2.24) is 40.7 Å². The van der Waals surface area contributed by atoms with Gasteiger partial charge in [-0.1, -0.05) is 42.1 Å². The molecule has 74 heavy (non-hydrogen) atoms. The summed E-state index contributed by atoms with van der Waals surface area (Å²) in [5.74, 6) is -1.69. The minimum Gasteiger partial charge on any atom is -0.465 e. The van der Waals surface area contributed by atoms with Gasteiger partial charge in [0.25, 0.3) is 17.7 Å². The van der Waals surface area contributed by atoms with E-state index in [2.05, 4.69) is 47.2 Å². The molecule has 0 radical (unpaired) electrons. The van der Waals surface area contributed by atoms with E-state index in [0.717, 1.165) is 53.9 Å². The van der Waals surface area contributed by atoms with E-state index in [9.17, 15) is 28.8 Å². The molecule has 2 fully saturated rings. The molecule has 0 spiro atoms. The Hall–Kier alpha value is -8.23. The first kappa shape index (κ1) is 49.4. The summed E-state index contributed by atoms with van der Waals surface area (Å²) in [4.78, 5) is 96.6. The van der Waals surface area contributed by atoms with Gasteiger partial charge in [-0.25, -0.2) is 19.2 Å². The number of hydrogen-bond acceptors (Lipinski definition) is 13. The van der Waals surface area contributed by atoms with Gasteiger partial charge in [-0.15, -0.1) is 0 Å². The number of nitrogens with one attached hydrogen (secondary N) is 4. The van der Waals surface area contributed by atoms with Gasteiger partial charge in [-0.05, 0) is 116 Å². The lowest BCUT2D eigenvalue weighted by molar-refractivity contribution is -0.136. The van der Waals surface area contributed by atoms with Gasteiger partial charge in [0.15, 0.2) is 5.82 Å². The number of amides is 6. The maximum atomic E-state index is 15.7. The van der Waals surface area contributed by atoms with Crippen molar-refractivity contribution in [1.29, 1.82) is 0 Å². The molecule has 5 aliphatic heterocycles. The van der Waals surface area contributed by atoms with Crippen LogP contribution in [0.3, 0.4) is 0 Å². The quantitative estimate of drug-likeness (QED) is 0.0772. The first-order valence-corrected chi connectivity index (χ1v) is 25.1. The minimum absolute atomic E-state index is 0.186. The number of aromatic nitrogens is 3. The van der Waals surface area contributed by atoms with Crippen LogP contribution in [-0.2, 0) is 22.7 Å². The third kappa shape index (κ3) is 11.1. The summed E-state index contributed by atoms with van der Waals surface area (Å²) in [6, 6.07) is 20.5. The van der Waals surface area contributed by atoms with E-state index in [1.165, 1.54) is 28.3 Å². The molecule has 1 atom stereocenters. The second kappa shape index (κ2) is 21.1. The van der Waals surface area contributed by atoms with Crippen molar-refractivity contribution in [3.8, 4) is 0 Å². The Balaban J connectivity index is 0.661. The van der Waals surface area contributed by atoms with Crippen molar-refractivity contribution in [3.63, 3.8) is 0 Å². The molecule has 20 heteroatoms. The molecule has 378 valence electrons. The summed E-state index contributed by atoms with van der Waals surface area (Å²) in [7, 11) is 0. The fraction of sp³-hybridized carbons (Fsp3) is 0.278. The summed E-state index contributed by atoms with van der Waals surface area (Å²) in [6.07, 6.45) is 16.0. The molecule has 5 aliphatic rings. The molecular weight excluding hydrogens is 966 g/mol. The number of anilines is 3. The zero-order valence-electron chi connectivity index (χ0n) is 40.3. The van der Waals surface area contributed by atoms with Crippen molar-refractivity contribution in [2.24, 2.45) is 0 Å². The van der Waals surface area contributed by atoms with Gasteiger partial charge in [0, 0.05) is 92.0 Å². The normalized spacial score (nSPS) is 18.7. The van der Waals surface area contributed by atoms with E-state index in [1.54, 1.807) is 91.4 Å². The van der Waals surface area contributed by atoms with Crippen LogP contribution in [0.1, 0.15) is 86.9 Å². The predicted molar refractivity (Wildman–Crippen MR) is 275 cm³/mol. The number of rotatable bonds is 13. The molecule has 0 saturated carbocycles. The van der Waals surface area contributed by atoms with Crippen LogP contribution in [0.15, 0.2) is 132 Å². The number of pyridine rings is 1. The van der Waals surface area contributed by atoms with E-state index >= 15 is 4.39 Å². The van der Waals surface area contributed by atoms with E-state index in [0.29, 0.717) is 53.3 Å². The zero-order chi connectivity index (χ0) is 51.5. The van der Waals surface area contributed by atoms with Crippen molar-refractivity contribution in [2.75, 3.05) is 41.3 Å². The maximum absolute atomic E-state index is 15.7. The average molecular weight is 1020 g/mol. The van der Waals surface area contributed by atoms with Gasteiger partial charge in [0.05, 0.1) is 23.6 Å². The summed E-state index contributed by atoms with van der Waals surface area (Å²) in [5, 5.41) is 20.3. The highest BCUT2D eigenvalue weighted by Crippen LogP contribution is 2.33. The Morgan fingerprint density at radius 3 is 2.41 bits per heavy atom. The largest absolute Gasteiger partial charge is 0.465 e. The lowest BCUT2D eigenvalue weighted by Gasteiger charge is -2.40. The van der Waals surface area contributed by atoms with Crippen LogP contribution in [0, 0.1) is 5.82 Å². The molecule has 5 aromatic rings. The number of fused-ring (bicyclic) bond motifs is 1. The lowest BCUT2D eigenvalue weighted by atomic mass is 9.96. The van der Waals surface area contributed by atoms with Crippen LogP contribution >= 0.6 is 11.8 Å². The Morgan fingerprint density at radius 2 is 1.70 bits per heavy atom. The van der Waals surface area contributed by atoms with E-state index in [-0.39, 0.29) is 48.5 Å². The van der Waals surface area contributed by atoms with Gasteiger partial charge in [0.2, 0.25) is 11.8 Å². The van der Waals surface area contributed by atoms with Crippen LogP contribution in [0.4, 0.5) is 26.4 Å². The fourth-order valence-electron chi connectivity index (χ4n) is 9.88. The average Bonchev–Trinajstić information content (AvgIpc) is 3.72. The van der Waals surface area contributed by atoms with Gasteiger partial charge in [0.1, 0.15) is 22.6 Å². The number of carbonyl (C=O) groups is 6. The van der Waals surface area contributed by atoms with E-state index in [4.69, 9.17) is 5.11 Å². The highest BCUT2D eigenvalue weighted by atomic mass is 32.2. The molecule has 5 N–H and O–H groups in total. The number of halogens is 1. The molecule has 0 aliphatic carbocycles. The summed E-state index contributed by atoms with van der Waals surface area (Å²) >= 11 is 1.36. The molecule has 0 bridgehead atoms. The highest BCUT2D eigenvalue weighted by Gasteiger charge is 2.39. The zero-order valence-corrected chi connectivity index (χ0v) is 41.1. The minimum atomic E-state index is -1.12. The first-order valence-electron chi connectivity index (χ1n) is 24.3. The van der Waals surface area contributed by atoms with Crippen LogP contribution in [0.5, 0.6) is 0 Å². The summed E-state index contributed by atoms with van der Waals surface area (Å²) in [6.45, 7) is 5.22.